The third kappa shape index (κ3) is 8.26. The van der Waals surface area contributed by atoms with E-state index in [2.05, 4.69) is 10.6 Å². The molecule has 0 aromatic heterocycles. The van der Waals surface area contributed by atoms with Crippen molar-refractivity contribution in [2.24, 2.45) is 0 Å². The molecule has 0 saturated carbocycles. The molecule has 4 rings (SSSR count). The Morgan fingerprint density at radius 3 is 2.26 bits per heavy atom. The lowest BCUT2D eigenvalue weighted by Crippen LogP contribution is -2.32. The van der Waals surface area contributed by atoms with Crippen LogP contribution in [0, 0.1) is 6.92 Å². The Labute approximate surface area is 257 Å². The Balaban J connectivity index is 1.41. The normalized spacial score (nSPS) is 13.6. The Morgan fingerprint density at radius 1 is 0.884 bits per heavy atom. The molecule has 1 aliphatic heterocycles. The van der Waals surface area contributed by atoms with Gasteiger partial charge in [0.05, 0.1) is 19.8 Å². The van der Waals surface area contributed by atoms with E-state index in [0.29, 0.717) is 72.2 Å². The first-order chi connectivity index (χ1) is 20.8. The fourth-order valence-electron chi connectivity index (χ4n) is 4.48. The maximum atomic E-state index is 13.2. The number of ether oxygens (including phenoxy) is 4. The average Bonchev–Trinajstić information content (AvgIpc) is 3.25. The molecule has 1 saturated heterocycles. The van der Waals surface area contributed by atoms with Gasteiger partial charge in [0.2, 0.25) is 0 Å². The molecule has 1 heterocycles. The molecule has 1 fully saturated rings. The van der Waals surface area contributed by atoms with Crippen LogP contribution in [0.2, 0.25) is 0 Å². The molecule has 0 radical (unpaired) electrons. The van der Waals surface area contributed by atoms with Crippen LogP contribution in [0.5, 0.6) is 23.0 Å². The number of hydrogen-bond acceptors (Lipinski definition) is 7. The predicted molar refractivity (Wildman–Crippen MR) is 171 cm³/mol. The van der Waals surface area contributed by atoms with E-state index in [9.17, 15) is 9.59 Å². The highest BCUT2D eigenvalue weighted by Gasteiger charge is 2.30. The number of aryl methyl sites for hydroxylation is 1. The Morgan fingerprint density at radius 2 is 1.53 bits per heavy atom. The first kappa shape index (κ1) is 31.4. The third-order valence-electron chi connectivity index (χ3n) is 6.55. The summed E-state index contributed by atoms with van der Waals surface area (Å²) in [6.07, 6.45) is 2.31. The van der Waals surface area contributed by atoms with Gasteiger partial charge in [0, 0.05) is 12.2 Å². The van der Waals surface area contributed by atoms with E-state index in [1.54, 1.807) is 29.2 Å². The van der Waals surface area contributed by atoms with Gasteiger partial charge in [-0.25, -0.2) is 0 Å². The van der Waals surface area contributed by atoms with Crippen LogP contribution in [0.25, 0.3) is 6.08 Å². The highest BCUT2D eigenvalue weighted by atomic mass is 32.1. The summed E-state index contributed by atoms with van der Waals surface area (Å²) in [5, 5.41) is 6.23. The summed E-state index contributed by atoms with van der Waals surface area (Å²) in [6, 6.07) is 18.6. The van der Waals surface area contributed by atoms with Crippen molar-refractivity contribution in [2.45, 2.75) is 34.1 Å². The molecule has 0 aliphatic carbocycles. The molecule has 0 spiro atoms. The van der Waals surface area contributed by atoms with Gasteiger partial charge in [0.25, 0.3) is 11.8 Å². The lowest BCUT2D eigenvalue weighted by Gasteiger charge is -2.16. The van der Waals surface area contributed by atoms with Crippen LogP contribution in [0.3, 0.4) is 0 Å². The maximum Gasteiger partial charge on any atom is 0.276 e. The maximum absolute atomic E-state index is 13.2. The van der Waals surface area contributed by atoms with Crippen molar-refractivity contribution in [2.75, 3.05) is 38.3 Å². The molecule has 226 valence electrons. The van der Waals surface area contributed by atoms with E-state index in [0.717, 1.165) is 16.8 Å². The molecule has 0 unspecified atom stereocenters. The number of thiocarbonyl (C=S) groups is 1. The van der Waals surface area contributed by atoms with E-state index >= 15 is 0 Å². The number of rotatable bonds is 14. The fourth-order valence-corrected chi connectivity index (χ4v) is 4.76. The fraction of sp³-hybridized carbons (Fsp3) is 0.303. The van der Waals surface area contributed by atoms with Crippen molar-refractivity contribution in [1.82, 2.24) is 10.2 Å². The van der Waals surface area contributed by atoms with Crippen molar-refractivity contribution in [3.63, 3.8) is 0 Å². The zero-order valence-corrected chi connectivity index (χ0v) is 25.7. The van der Waals surface area contributed by atoms with Crippen LogP contribution < -0.4 is 29.6 Å². The first-order valence-electron chi connectivity index (χ1n) is 14.3. The van der Waals surface area contributed by atoms with Gasteiger partial charge in [0.1, 0.15) is 5.70 Å². The molecule has 10 heteroatoms. The van der Waals surface area contributed by atoms with Gasteiger partial charge in [-0.05, 0) is 99.4 Å². The molecule has 2 N–H and O–H groups in total. The number of hydrogen-bond donors (Lipinski definition) is 2. The number of carbonyl (C=O) groups excluding carboxylic acids is 2. The van der Waals surface area contributed by atoms with Crippen LogP contribution in [0.1, 0.15) is 37.5 Å². The number of nitrogens with zero attached hydrogens (tertiary/aromatic N) is 1. The van der Waals surface area contributed by atoms with Gasteiger partial charge in [-0.3, -0.25) is 14.5 Å². The van der Waals surface area contributed by atoms with Crippen LogP contribution in [0.4, 0.5) is 5.69 Å². The second kappa shape index (κ2) is 15.1. The molecule has 0 bridgehead atoms. The summed E-state index contributed by atoms with van der Waals surface area (Å²) in [5.74, 6) is 1.77. The highest BCUT2D eigenvalue weighted by molar-refractivity contribution is 7.80. The summed E-state index contributed by atoms with van der Waals surface area (Å²) in [4.78, 5) is 27.3. The smallest absolute Gasteiger partial charge is 0.276 e. The van der Waals surface area contributed by atoms with Crippen molar-refractivity contribution in [3.8, 4) is 23.0 Å². The number of para-hydroxylation sites is 1. The van der Waals surface area contributed by atoms with Crippen LogP contribution in [0.15, 0.2) is 66.4 Å². The number of benzene rings is 3. The lowest BCUT2D eigenvalue weighted by atomic mass is 10.1. The molecule has 43 heavy (non-hydrogen) atoms. The second-order valence-corrected chi connectivity index (χ2v) is 10.0. The Hall–Kier alpha value is -4.57. The second-order valence-electron chi connectivity index (χ2n) is 9.63. The van der Waals surface area contributed by atoms with Gasteiger partial charge >= 0.3 is 0 Å². The van der Waals surface area contributed by atoms with E-state index in [4.69, 9.17) is 31.2 Å². The Bertz CT molecular complexity index is 1510. The molecule has 1 aliphatic rings. The van der Waals surface area contributed by atoms with Crippen LogP contribution in [-0.2, 0) is 16.0 Å². The minimum absolute atomic E-state index is 0.182. The van der Waals surface area contributed by atoms with Crippen molar-refractivity contribution in [1.29, 1.82) is 0 Å². The summed E-state index contributed by atoms with van der Waals surface area (Å²) in [5.41, 5.74) is 3.78. The van der Waals surface area contributed by atoms with E-state index in [1.165, 1.54) is 0 Å². The topological polar surface area (TPSA) is 98.4 Å². The summed E-state index contributed by atoms with van der Waals surface area (Å²) < 4.78 is 22.9. The number of amides is 2. The first-order valence-corrected chi connectivity index (χ1v) is 14.7. The summed E-state index contributed by atoms with van der Waals surface area (Å²) in [7, 11) is 0. The molecular weight excluding hydrogens is 566 g/mol. The number of nitrogens with one attached hydrogen (secondary N) is 2. The van der Waals surface area contributed by atoms with E-state index in [-0.39, 0.29) is 18.4 Å². The van der Waals surface area contributed by atoms with Crippen molar-refractivity contribution >= 4 is 40.9 Å². The van der Waals surface area contributed by atoms with Gasteiger partial charge in [-0.2, -0.15) is 0 Å². The SMILES string of the molecule is CCOc1ccc(CCN2C(=O)/C(=C\c3ccc(OCC(=O)Nc4ccccc4C)c(OCC)c3)NC2=S)cc1OCC. The largest absolute Gasteiger partial charge is 0.490 e. The molecule has 2 amide bonds. The minimum Gasteiger partial charge on any atom is -0.490 e. The zero-order chi connectivity index (χ0) is 30.8. The van der Waals surface area contributed by atoms with Gasteiger partial charge < -0.3 is 29.6 Å². The van der Waals surface area contributed by atoms with E-state index in [1.807, 2.05) is 70.2 Å². The van der Waals surface area contributed by atoms with Crippen molar-refractivity contribution in [3.05, 3.63) is 83.1 Å². The Kier molecular flexibility index (Phi) is 11.0. The van der Waals surface area contributed by atoms with Gasteiger partial charge in [-0.15, -0.1) is 0 Å². The highest BCUT2D eigenvalue weighted by Crippen LogP contribution is 2.31. The standard InChI is InChI=1S/C33H37N3O6S/c1-5-39-27-14-12-23(19-29(27)40-6-2)16-17-36-32(38)26(35-33(36)43)18-24-13-15-28(30(20-24)41-7-3)42-21-31(37)34-25-11-9-8-10-22(25)4/h8-15,18-20H,5-7,16-17,21H2,1-4H3,(H,34,37)(H,35,43)/b26-18+. The summed E-state index contributed by atoms with van der Waals surface area (Å²) >= 11 is 5.48. The third-order valence-corrected chi connectivity index (χ3v) is 6.87. The van der Waals surface area contributed by atoms with Crippen LogP contribution >= 0.6 is 12.2 Å². The zero-order valence-electron chi connectivity index (χ0n) is 24.9. The van der Waals surface area contributed by atoms with Gasteiger partial charge in [0.15, 0.2) is 34.7 Å². The average molecular weight is 604 g/mol. The van der Waals surface area contributed by atoms with E-state index < -0.39 is 0 Å². The lowest BCUT2D eigenvalue weighted by molar-refractivity contribution is -0.122. The van der Waals surface area contributed by atoms with Crippen LogP contribution in [-0.4, -0.2) is 54.8 Å². The van der Waals surface area contributed by atoms with Crippen molar-refractivity contribution < 1.29 is 28.5 Å². The number of carbonyl (C=O) groups is 2. The predicted octanol–water partition coefficient (Wildman–Crippen LogP) is 5.51. The number of anilines is 1. The minimum atomic E-state index is -0.281. The van der Waals surface area contributed by atoms with Gasteiger partial charge in [-0.1, -0.05) is 30.3 Å². The molecule has 0 atom stereocenters. The summed E-state index contributed by atoms with van der Waals surface area (Å²) in [6.45, 7) is 9.33. The monoisotopic (exact) mass is 603 g/mol. The molecule has 3 aromatic carbocycles. The quantitative estimate of drug-likeness (QED) is 0.184. The molecule has 9 nitrogen and oxygen atoms in total. The molecule has 3 aromatic rings. The molecular formula is C33H37N3O6S.